The lowest BCUT2D eigenvalue weighted by Gasteiger charge is -2.31. The van der Waals surface area contributed by atoms with Crippen LogP contribution in [0, 0.1) is 6.92 Å². The van der Waals surface area contributed by atoms with Crippen molar-refractivity contribution < 1.29 is 19.5 Å². The van der Waals surface area contributed by atoms with Crippen LogP contribution in [-0.4, -0.2) is 63.1 Å². The van der Waals surface area contributed by atoms with E-state index in [4.69, 9.17) is 4.84 Å². The van der Waals surface area contributed by atoms with Gasteiger partial charge in [0.1, 0.15) is 11.8 Å². The van der Waals surface area contributed by atoms with Crippen molar-refractivity contribution in [3.8, 4) is 0 Å². The molecule has 1 aromatic carbocycles. The Bertz CT molecular complexity index is 956. The van der Waals surface area contributed by atoms with E-state index in [1.807, 2.05) is 38.1 Å². The van der Waals surface area contributed by atoms with E-state index in [9.17, 15) is 14.7 Å². The number of carbonyl (C=O) groups excluding carboxylic acids is 2. The number of carbonyl (C=O) groups is 2. The van der Waals surface area contributed by atoms with E-state index in [2.05, 4.69) is 10.4 Å². The highest BCUT2D eigenvalue weighted by Gasteiger charge is 2.37. The molecule has 9 nitrogen and oxygen atoms in total. The van der Waals surface area contributed by atoms with Crippen LogP contribution in [0.3, 0.4) is 0 Å². The summed E-state index contributed by atoms with van der Waals surface area (Å²) in [4.78, 5) is 32.9. The summed E-state index contributed by atoms with van der Waals surface area (Å²) >= 11 is 0. The predicted molar refractivity (Wildman–Crippen MR) is 105 cm³/mol. The maximum absolute atomic E-state index is 12.9. The highest BCUT2D eigenvalue weighted by molar-refractivity contribution is 5.94. The van der Waals surface area contributed by atoms with Gasteiger partial charge in [-0.1, -0.05) is 19.1 Å². The number of hydrogen-bond acceptors (Lipinski definition) is 5. The molecule has 0 spiro atoms. The predicted octanol–water partition coefficient (Wildman–Crippen LogP) is 1.72. The fraction of sp³-hybridized carbons (Fsp3) is 0.450. The van der Waals surface area contributed by atoms with Crippen LogP contribution in [0.5, 0.6) is 0 Å². The summed E-state index contributed by atoms with van der Waals surface area (Å²) in [6, 6.07) is 7.41. The highest BCUT2D eigenvalue weighted by atomic mass is 16.7. The molecule has 2 aliphatic rings. The summed E-state index contributed by atoms with van der Waals surface area (Å²) in [7, 11) is 1.52. The quantitative estimate of drug-likeness (QED) is 0.801. The van der Waals surface area contributed by atoms with Crippen LogP contribution >= 0.6 is 0 Å². The first-order valence-electron chi connectivity index (χ1n) is 9.65. The third-order valence-electron chi connectivity index (χ3n) is 5.32. The average molecular weight is 399 g/mol. The summed E-state index contributed by atoms with van der Waals surface area (Å²) in [5.74, 6) is -0.351. The molecule has 154 valence electrons. The van der Waals surface area contributed by atoms with Gasteiger partial charge in [-0.15, -0.1) is 0 Å². The van der Waals surface area contributed by atoms with Crippen molar-refractivity contribution >= 4 is 17.6 Å². The molecule has 0 radical (unpaired) electrons. The molecule has 0 bridgehead atoms. The zero-order valence-electron chi connectivity index (χ0n) is 16.8. The Morgan fingerprint density at radius 3 is 2.90 bits per heavy atom. The van der Waals surface area contributed by atoms with Crippen LogP contribution in [0.1, 0.15) is 40.2 Å². The number of rotatable bonds is 2. The van der Waals surface area contributed by atoms with Gasteiger partial charge < -0.3 is 15.3 Å². The number of fused-ring (bicyclic) bond motifs is 3. The van der Waals surface area contributed by atoms with Crippen molar-refractivity contribution in [2.45, 2.75) is 39.0 Å². The van der Waals surface area contributed by atoms with Gasteiger partial charge in [-0.3, -0.25) is 14.3 Å². The van der Waals surface area contributed by atoms with Gasteiger partial charge in [-0.2, -0.15) is 5.10 Å². The summed E-state index contributed by atoms with van der Waals surface area (Å²) in [5.41, 5.74) is 3.77. The number of anilines is 1. The number of aryl methyl sites for hydroxylation is 1. The minimum absolute atomic E-state index is 0.0203. The normalized spacial score (nSPS) is 21.4. The van der Waals surface area contributed by atoms with Crippen LogP contribution < -0.4 is 5.32 Å². The fourth-order valence-corrected chi connectivity index (χ4v) is 3.93. The van der Waals surface area contributed by atoms with Crippen molar-refractivity contribution in [3.05, 3.63) is 46.8 Å². The topological polar surface area (TPSA) is 99.9 Å². The van der Waals surface area contributed by atoms with Gasteiger partial charge in [0.25, 0.3) is 5.91 Å². The number of hydrogen-bond donors (Lipinski definition) is 2. The molecular formula is C20H25N5O4. The second kappa shape index (κ2) is 7.49. The Morgan fingerprint density at radius 2 is 2.17 bits per heavy atom. The Kier molecular flexibility index (Phi) is 5.01. The van der Waals surface area contributed by atoms with Crippen LogP contribution in [0.25, 0.3) is 0 Å². The van der Waals surface area contributed by atoms with Gasteiger partial charge in [0, 0.05) is 30.8 Å². The minimum Gasteiger partial charge on any atom is -0.393 e. The number of aliphatic hydroxyl groups is 1. The summed E-state index contributed by atoms with van der Waals surface area (Å²) in [6.45, 7) is 4.81. The molecule has 2 N–H and O–H groups in total. The van der Waals surface area contributed by atoms with E-state index in [-0.39, 0.29) is 37.6 Å². The van der Waals surface area contributed by atoms with Gasteiger partial charge in [0.15, 0.2) is 0 Å². The molecule has 2 atom stereocenters. The Hall–Kier alpha value is -2.91. The highest BCUT2D eigenvalue weighted by Crippen LogP contribution is 2.32. The number of hydroxylamine groups is 2. The summed E-state index contributed by atoms with van der Waals surface area (Å²) < 4.78 is 1.61. The standard InChI is InChI=1S/C20H25N5O4/c1-12-5-4-6-14(7-12)21-20(28)24-8-13(2)17-16(10-24)18-19(27)23(3)29-15(11-26)9-25(18)22-17/h4-7,13,15,26H,8-11H2,1-3H3,(H,21,28). The molecule has 3 heterocycles. The number of aliphatic hydroxyl groups excluding tert-OH is 1. The monoisotopic (exact) mass is 399 g/mol. The van der Waals surface area contributed by atoms with Crippen molar-refractivity contribution in [1.82, 2.24) is 19.7 Å². The molecule has 2 aromatic rings. The molecule has 4 rings (SSSR count). The molecular weight excluding hydrogens is 374 g/mol. The first-order chi connectivity index (χ1) is 13.9. The van der Waals surface area contributed by atoms with E-state index >= 15 is 0 Å². The largest absolute Gasteiger partial charge is 0.393 e. The lowest BCUT2D eigenvalue weighted by Crippen LogP contribution is -2.41. The molecule has 2 aliphatic heterocycles. The fourth-order valence-electron chi connectivity index (χ4n) is 3.93. The Morgan fingerprint density at radius 1 is 1.38 bits per heavy atom. The molecule has 1 aromatic heterocycles. The van der Waals surface area contributed by atoms with Gasteiger partial charge in [0.2, 0.25) is 0 Å². The van der Waals surface area contributed by atoms with Crippen molar-refractivity contribution in [2.24, 2.45) is 0 Å². The lowest BCUT2D eigenvalue weighted by atomic mass is 9.96. The van der Waals surface area contributed by atoms with Gasteiger partial charge in [-0.25, -0.2) is 9.86 Å². The third kappa shape index (κ3) is 3.58. The van der Waals surface area contributed by atoms with Crippen LogP contribution in [0.2, 0.25) is 0 Å². The smallest absolute Gasteiger partial charge is 0.322 e. The zero-order chi connectivity index (χ0) is 20.7. The molecule has 0 saturated heterocycles. The molecule has 2 unspecified atom stereocenters. The number of nitrogens with one attached hydrogen (secondary N) is 1. The molecule has 0 saturated carbocycles. The average Bonchev–Trinajstić information content (AvgIpc) is 2.99. The van der Waals surface area contributed by atoms with Gasteiger partial charge >= 0.3 is 6.03 Å². The van der Waals surface area contributed by atoms with E-state index in [1.54, 1.807) is 9.58 Å². The van der Waals surface area contributed by atoms with Crippen molar-refractivity contribution in [1.29, 1.82) is 0 Å². The Balaban J connectivity index is 1.63. The van der Waals surface area contributed by atoms with Crippen molar-refractivity contribution in [3.63, 3.8) is 0 Å². The van der Waals surface area contributed by atoms with Gasteiger partial charge in [0.05, 0.1) is 25.4 Å². The SMILES string of the molecule is Cc1cccc(NC(=O)N2Cc3c(nn4c3C(=O)N(C)OC(CO)C4)C(C)C2)c1. The number of nitrogens with zero attached hydrogens (tertiary/aromatic N) is 4. The number of aromatic nitrogens is 2. The molecule has 9 heteroatoms. The molecule has 3 amide bonds. The zero-order valence-corrected chi connectivity index (χ0v) is 16.8. The number of urea groups is 1. The molecule has 0 aliphatic carbocycles. The van der Waals surface area contributed by atoms with E-state index < -0.39 is 6.10 Å². The maximum Gasteiger partial charge on any atom is 0.322 e. The van der Waals surface area contributed by atoms with Crippen LogP contribution in [-0.2, 0) is 17.9 Å². The maximum atomic E-state index is 12.9. The third-order valence-corrected chi connectivity index (χ3v) is 5.32. The second-order valence-corrected chi connectivity index (χ2v) is 7.69. The lowest BCUT2D eigenvalue weighted by molar-refractivity contribution is -0.159. The Labute approximate surface area is 168 Å². The summed E-state index contributed by atoms with van der Waals surface area (Å²) in [5, 5.41) is 18.2. The van der Waals surface area contributed by atoms with Crippen molar-refractivity contribution in [2.75, 3.05) is 25.5 Å². The first-order valence-corrected chi connectivity index (χ1v) is 9.65. The van der Waals surface area contributed by atoms with Gasteiger partial charge in [-0.05, 0) is 24.6 Å². The van der Waals surface area contributed by atoms with Crippen LogP contribution in [0.15, 0.2) is 24.3 Å². The summed E-state index contributed by atoms with van der Waals surface area (Å²) in [6.07, 6.45) is -0.553. The first kappa shape index (κ1) is 19.4. The van der Waals surface area contributed by atoms with Crippen LogP contribution in [0.4, 0.5) is 10.5 Å². The minimum atomic E-state index is -0.553. The second-order valence-electron chi connectivity index (χ2n) is 7.69. The number of amides is 3. The van der Waals surface area contributed by atoms with E-state index in [0.29, 0.717) is 12.2 Å². The number of benzene rings is 1. The molecule has 29 heavy (non-hydrogen) atoms. The van der Waals surface area contributed by atoms with E-state index in [1.165, 1.54) is 7.05 Å². The molecule has 0 fully saturated rings. The van der Waals surface area contributed by atoms with E-state index in [0.717, 1.165) is 27.6 Å².